The molecule has 2 N–H and O–H groups in total. The number of hydrogen-bond acceptors (Lipinski definition) is 7. The average Bonchev–Trinajstić information content (AvgIpc) is 2.72. The highest BCUT2D eigenvalue weighted by atomic mass is 35.5. The van der Waals surface area contributed by atoms with Crippen LogP contribution in [0, 0.1) is 11.8 Å². The van der Waals surface area contributed by atoms with Gasteiger partial charge in [0.2, 0.25) is 5.78 Å². The van der Waals surface area contributed by atoms with E-state index in [9.17, 15) is 19.8 Å². The van der Waals surface area contributed by atoms with Crippen LogP contribution in [0.3, 0.4) is 0 Å². The number of allylic oxidation sites excluding steroid dienone is 2. The van der Waals surface area contributed by atoms with Crippen molar-refractivity contribution < 1.29 is 34.0 Å². The summed E-state index contributed by atoms with van der Waals surface area (Å²) in [5.74, 6) is -1.49. The van der Waals surface area contributed by atoms with Crippen LogP contribution < -0.4 is 0 Å². The Morgan fingerprint density at radius 1 is 1.53 bits per heavy atom. The van der Waals surface area contributed by atoms with Crippen LogP contribution in [0.4, 0.5) is 0 Å². The van der Waals surface area contributed by atoms with E-state index in [2.05, 4.69) is 0 Å². The zero-order valence-electron chi connectivity index (χ0n) is 18.3. The van der Waals surface area contributed by atoms with Crippen LogP contribution in [-0.4, -0.2) is 59.1 Å². The molecular formula is C22H31ClO7. The van der Waals surface area contributed by atoms with Crippen molar-refractivity contribution in [3.63, 3.8) is 0 Å². The van der Waals surface area contributed by atoms with Crippen LogP contribution in [0.2, 0.25) is 0 Å². The fourth-order valence-corrected chi connectivity index (χ4v) is 4.11. The largest absolute Gasteiger partial charge is 0.493 e. The van der Waals surface area contributed by atoms with Gasteiger partial charge in [0.25, 0.3) is 0 Å². The molecular weight excluding hydrogens is 412 g/mol. The molecule has 0 saturated carbocycles. The molecule has 2 rings (SSSR count). The molecule has 168 valence electrons. The van der Waals surface area contributed by atoms with Crippen molar-refractivity contribution in [1.29, 1.82) is 0 Å². The highest BCUT2D eigenvalue weighted by molar-refractivity contribution is 6.44. The van der Waals surface area contributed by atoms with E-state index in [0.717, 1.165) is 6.42 Å². The summed E-state index contributed by atoms with van der Waals surface area (Å²) >= 11 is 6.26. The Bertz CT molecular complexity index is 782. The third kappa shape index (κ3) is 4.64. The van der Waals surface area contributed by atoms with Crippen molar-refractivity contribution in [3.8, 4) is 0 Å². The van der Waals surface area contributed by atoms with Crippen molar-refractivity contribution in [2.24, 2.45) is 11.8 Å². The summed E-state index contributed by atoms with van der Waals surface area (Å²) in [6, 6.07) is 0. The first-order valence-corrected chi connectivity index (χ1v) is 10.4. The van der Waals surface area contributed by atoms with Crippen LogP contribution in [0.1, 0.15) is 41.0 Å². The minimum absolute atomic E-state index is 0.0186. The molecule has 30 heavy (non-hydrogen) atoms. The molecule has 0 fully saturated rings. The molecule has 1 aliphatic carbocycles. The molecule has 0 bridgehead atoms. The second kappa shape index (κ2) is 9.22. The maximum atomic E-state index is 12.6. The van der Waals surface area contributed by atoms with Gasteiger partial charge in [0, 0.05) is 14.0 Å². The number of ketones is 1. The van der Waals surface area contributed by atoms with E-state index < -0.39 is 41.1 Å². The highest BCUT2D eigenvalue weighted by Crippen LogP contribution is 2.42. The van der Waals surface area contributed by atoms with Crippen molar-refractivity contribution in [2.45, 2.75) is 64.4 Å². The first-order chi connectivity index (χ1) is 13.9. The van der Waals surface area contributed by atoms with Crippen LogP contribution >= 0.6 is 11.6 Å². The van der Waals surface area contributed by atoms with E-state index in [1.54, 1.807) is 25.2 Å². The maximum Gasteiger partial charge on any atom is 0.303 e. The molecule has 0 radical (unpaired) electrons. The van der Waals surface area contributed by atoms with Gasteiger partial charge in [0.1, 0.15) is 17.5 Å². The van der Waals surface area contributed by atoms with Gasteiger partial charge in [0.05, 0.1) is 23.7 Å². The number of rotatable bonds is 7. The molecule has 0 saturated heterocycles. The number of carbonyl (C=O) groups excluding carboxylic acids is 2. The van der Waals surface area contributed by atoms with Crippen LogP contribution in [-0.2, 0) is 23.8 Å². The zero-order valence-corrected chi connectivity index (χ0v) is 19.0. The van der Waals surface area contributed by atoms with Crippen molar-refractivity contribution in [1.82, 2.24) is 0 Å². The minimum Gasteiger partial charge on any atom is -0.493 e. The van der Waals surface area contributed by atoms with Crippen LogP contribution in [0.15, 0.2) is 34.6 Å². The fraction of sp³-hybridized carbons (Fsp3) is 0.636. The number of halogens is 1. The van der Waals surface area contributed by atoms with Gasteiger partial charge < -0.3 is 24.4 Å². The molecule has 6 atom stereocenters. The number of esters is 1. The number of aliphatic hydroxyl groups excluding tert-OH is 1. The maximum absolute atomic E-state index is 12.6. The first-order valence-electron chi connectivity index (χ1n) is 10.00. The molecule has 0 aromatic heterocycles. The Morgan fingerprint density at radius 3 is 2.70 bits per heavy atom. The topological polar surface area (TPSA) is 102 Å². The number of Topliss-reactive ketones (excluding diaryl/α,β-unsaturated/α-hetero) is 1. The monoisotopic (exact) mass is 442 g/mol. The third-order valence-electron chi connectivity index (χ3n) is 6.04. The molecule has 8 heteroatoms. The van der Waals surface area contributed by atoms with Crippen molar-refractivity contribution in [2.75, 3.05) is 13.7 Å². The lowest BCUT2D eigenvalue weighted by molar-refractivity contribution is -0.174. The Balaban J connectivity index is 2.38. The second-order valence-corrected chi connectivity index (χ2v) is 8.67. The molecule has 0 spiro atoms. The lowest BCUT2D eigenvalue weighted by atomic mass is 9.74. The minimum atomic E-state index is -1.95. The van der Waals surface area contributed by atoms with Gasteiger partial charge in [-0.25, -0.2) is 0 Å². The summed E-state index contributed by atoms with van der Waals surface area (Å²) in [7, 11) is 1.52. The number of fused-ring (bicyclic) bond motifs is 1. The molecule has 7 nitrogen and oxygen atoms in total. The van der Waals surface area contributed by atoms with E-state index in [-0.39, 0.29) is 17.6 Å². The molecule has 1 aliphatic heterocycles. The van der Waals surface area contributed by atoms with Gasteiger partial charge in [-0.15, -0.1) is 0 Å². The second-order valence-electron chi connectivity index (χ2n) is 8.29. The number of carbonyl (C=O) groups is 2. The standard InChI is InChI=1S/C22H31ClO7/c1-7-12(2)18(25)21(4,28-6)9-8-14-10-15-16(11-29-14)20(30-13(3)24)22(5,27)19(26)17(15)23/h8-10,12,16,18,20,25,27H,7,11H2,1-6H3/b9-8+/t12-,16-,18+,20+,21+,22-/m0/s1. The van der Waals surface area contributed by atoms with Gasteiger partial charge in [-0.1, -0.05) is 31.9 Å². The quantitative estimate of drug-likeness (QED) is 0.584. The Labute approximate surface area is 182 Å². The van der Waals surface area contributed by atoms with E-state index in [4.69, 9.17) is 25.8 Å². The highest BCUT2D eigenvalue weighted by Gasteiger charge is 2.53. The Hall–Kier alpha value is -1.67. The van der Waals surface area contributed by atoms with Crippen LogP contribution in [0.5, 0.6) is 0 Å². The zero-order chi connectivity index (χ0) is 22.9. The SMILES string of the molecule is CC[C@H](C)[C@@H](O)[C@@](C)(/C=C/C1=CC2=C(Cl)C(=O)[C@](C)(O)[C@H](OC(C)=O)[C@H]2CO1)OC. The number of methoxy groups -OCH3 is 1. The average molecular weight is 443 g/mol. The van der Waals surface area contributed by atoms with Crippen molar-refractivity contribution in [3.05, 3.63) is 34.6 Å². The van der Waals surface area contributed by atoms with E-state index in [0.29, 0.717) is 11.3 Å². The van der Waals surface area contributed by atoms with Gasteiger partial charge in [-0.05, 0) is 43.6 Å². The van der Waals surface area contributed by atoms with Gasteiger partial charge >= 0.3 is 5.97 Å². The molecule has 0 aromatic carbocycles. The molecule has 1 heterocycles. The van der Waals surface area contributed by atoms with Gasteiger partial charge in [0.15, 0.2) is 5.60 Å². The number of hydrogen-bond donors (Lipinski definition) is 2. The summed E-state index contributed by atoms with van der Waals surface area (Å²) in [5.41, 5.74) is -2.45. The lowest BCUT2D eigenvalue weighted by Crippen LogP contribution is -2.57. The molecule has 2 aliphatic rings. The fourth-order valence-electron chi connectivity index (χ4n) is 3.72. The van der Waals surface area contributed by atoms with Gasteiger partial charge in [-0.2, -0.15) is 0 Å². The Kier molecular flexibility index (Phi) is 7.56. The summed E-state index contributed by atoms with van der Waals surface area (Å²) < 4.78 is 16.6. The van der Waals surface area contributed by atoms with Crippen LogP contribution in [0.25, 0.3) is 0 Å². The lowest BCUT2D eigenvalue weighted by Gasteiger charge is -2.42. The summed E-state index contributed by atoms with van der Waals surface area (Å²) in [6.45, 7) is 8.25. The predicted molar refractivity (Wildman–Crippen MR) is 112 cm³/mol. The van der Waals surface area contributed by atoms with Crippen molar-refractivity contribution >= 4 is 23.4 Å². The third-order valence-corrected chi connectivity index (χ3v) is 6.43. The molecule has 0 unspecified atom stereocenters. The molecule has 0 aromatic rings. The summed E-state index contributed by atoms with van der Waals surface area (Å²) in [6.07, 6.45) is 3.88. The molecule has 0 amide bonds. The van der Waals surface area contributed by atoms with E-state index in [1.165, 1.54) is 21.0 Å². The Morgan fingerprint density at radius 2 is 2.17 bits per heavy atom. The number of aliphatic hydroxyl groups is 2. The van der Waals surface area contributed by atoms with E-state index >= 15 is 0 Å². The number of ether oxygens (including phenoxy) is 3. The summed E-state index contributed by atoms with van der Waals surface area (Å²) in [4.78, 5) is 24.1. The summed E-state index contributed by atoms with van der Waals surface area (Å²) in [5, 5.41) is 21.1. The predicted octanol–water partition coefficient (Wildman–Crippen LogP) is 2.64. The smallest absolute Gasteiger partial charge is 0.303 e. The van der Waals surface area contributed by atoms with E-state index in [1.807, 2.05) is 13.8 Å². The normalized spacial score (nSPS) is 30.8. The van der Waals surface area contributed by atoms with Gasteiger partial charge in [-0.3, -0.25) is 9.59 Å². The first kappa shape index (κ1) is 24.6.